The summed E-state index contributed by atoms with van der Waals surface area (Å²) in [5.74, 6) is -0.145. The second-order valence-corrected chi connectivity index (χ2v) is 6.10. The predicted octanol–water partition coefficient (Wildman–Crippen LogP) is 3.06. The van der Waals surface area contributed by atoms with Gasteiger partial charge in [0.1, 0.15) is 11.4 Å². The average molecular weight is 324 g/mol. The third-order valence-electron chi connectivity index (χ3n) is 4.70. The minimum absolute atomic E-state index is 0.145. The Labute approximate surface area is 138 Å². The number of fused-ring (bicyclic) bond motifs is 1. The van der Waals surface area contributed by atoms with Gasteiger partial charge in [0.25, 0.3) is 5.91 Å². The van der Waals surface area contributed by atoms with Crippen molar-refractivity contribution in [2.24, 2.45) is 0 Å². The van der Waals surface area contributed by atoms with Gasteiger partial charge in [-0.25, -0.2) is 4.39 Å². The summed E-state index contributed by atoms with van der Waals surface area (Å²) in [6, 6.07) is 7.17. The van der Waals surface area contributed by atoms with Crippen molar-refractivity contribution in [2.45, 2.75) is 18.5 Å². The van der Waals surface area contributed by atoms with Gasteiger partial charge in [0.15, 0.2) is 0 Å². The molecule has 1 amide bonds. The number of piperidine rings is 1. The van der Waals surface area contributed by atoms with Crippen LogP contribution in [0.1, 0.15) is 28.9 Å². The highest BCUT2D eigenvalue weighted by Gasteiger charge is 2.38. The van der Waals surface area contributed by atoms with Crippen LogP contribution in [0.3, 0.4) is 0 Å². The Morgan fingerprint density at radius 1 is 1.21 bits per heavy atom. The Bertz CT molecular complexity index is 869. The molecule has 0 atom stereocenters. The molecular weight excluding hydrogens is 307 g/mol. The Balaban J connectivity index is 1.54. The van der Waals surface area contributed by atoms with Crippen LogP contribution in [0, 0.1) is 0 Å². The van der Waals surface area contributed by atoms with Crippen LogP contribution in [0.15, 0.2) is 49.1 Å². The third kappa shape index (κ3) is 2.44. The highest BCUT2D eigenvalue weighted by molar-refractivity contribution is 6.04. The van der Waals surface area contributed by atoms with Crippen LogP contribution >= 0.6 is 0 Å². The molecule has 3 aromatic heterocycles. The Morgan fingerprint density at radius 3 is 2.79 bits per heavy atom. The van der Waals surface area contributed by atoms with Gasteiger partial charge in [-0.3, -0.25) is 14.8 Å². The third-order valence-corrected chi connectivity index (χ3v) is 4.70. The van der Waals surface area contributed by atoms with Gasteiger partial charge < -0.3 is 9.88 Å². The van der Waals surface area contributed by atoms with Gasteiger partial charge in [-0.2, -0.15) is 0 Å². The van der Waals surface area contributed by atoms with Crippen molar-refractivity contribution in [2.75, 3.05) is 13.1 Å². The lowest BCUT2D eigenvalue weighted by Gasteiger charge is -2.36. The minimum Gasteiger partial charge on any atom is -0.361 e. The summed E-state index contributed by atoms with van der Waals surface area (Å²) in [5, 5.41) is 0.798. The summed E-state index contributed by atoms with van der Waals surface area (Å²) >= 11 is 0. The fourth-order valence-electron chi connectivity index (χ4n) is 3.28. The molecule has 0 aromatic carbocycles. The second-order valence-electron chi connectivity index (χ2n) is 6.10. The number of pyridine rings is 2. The van der Waals surface area contributed by atoms with Gasteiger partial charge in [-0.15, -0.1) is 0 Å². The molecule has 0 aliphatic carbocycles. The fraction of sp³-hybridized carbons (Fsp3) is 0.278. The van der Waals surface area contributed by atoms with Crippen molar-refractivity contribution in [1.29, 1.82) is 0 Å². The van der Waals surface area contributed by atoms with E-state index in [1.807, 2.05) is 12.1 Å². The molecule has 0 bridgehead atoms. The van der Waals surface area contributed by atoms with Crippen molar-refractivity contribution < 1.29 is 9.18 Å². The van der Waals surface area contributed by atoms with Crippen LogP contribution in [0.4, 0.5) is 4.39 Å². The van der Waals surface area contributed by atoms with E-state index in [1.165, 1.54) is 0 Å². The highest BCUT2D eigenvalue weighted by atomic mass is 19.1. The zero-order valence-electron chi connectivity index (χ0n) is 13.1. The zero-order valence-corrected chi connectivity index (χ0v) is 13.1. The SMILES string of the molecule is O=C(c1nccc2[nH]ccc12)N1CCC(F)(c2cccnc2)CC1. The summed E-state index contributed by atoms with van der Waals surface area (Å²) in [7, 11) is 0. The van der Waals surface area contributed by atoms with Gasteiger partial charge >= 0.3 is 0 Å². The van der Waals surface area contributed by atoms with E-state index in [4.69, 9.17) is 0 Å². The van der Waals surface area contributed by atoms with E-state index in [2.05, 4.69) is 15.0 Å². The molecule has 1 aliphatic rings. The Hall–Kier alpha value is -2.76. The molecule has 4 rings (SSSR count). The molecule has 6 heteroatoms. The molecule has 1 saturated heterocycles. The number of likely N-dealkylation sites (tertiary alicyclic amines) is 1. The summed E-state index contributed by atoms with van der Waals surface area (Å²) < 4.78 is 15.1. The minimum atomic E-state index is -1.42. The number of rotatable bonds is 2. The number of halogens is 1. The predicted molar refractivity (Wildman–Crippen MR) is 88.3 cm³/mol. The van der Waals surface area contributed by atoms with Crippen molar-refractivity contribution in [1.82, 2.24) is 19.9 Å². The summed E-state index contributed by atoms with van der Waals surface area (Å²) in [4.78, 5) is 25.8. The van der Waals surface area contributed by atoms with Crippen molar-refractivity contribution in [3.63, 3.8) is 0 Å². The lowest BCUT2D eigenvalue weighted by atomic mass is 9.87. The van der Waals surface area contributed by atoms with Crippen molar-refractivity contribution >= 4 is 16.8 Å². The molecule has 0 saturated carbocycles. The second kappa shape index (κ2) is 5.70. The molecule has 1 fully saturated rings. The molecule has 4 heterocycles. The lowest BCUT2D eigenvalue weighted by Crippen LogP contribution is -2.43. The molecule has 0 radical (unpaired) electrons. The van der Waals surface area contributed by atoms with Gasteiger partial charge in [0.2, 0.25) is 0 Å². The molecule has 0 unspecified atom stereocenters. The number of hydrogen-bond acceptors (Lipinski definition) is 3. The van der Waals surface area contributed by atoms with Gasteiger partial charge in [0, 0.05) is 67.2 Å². The largest absolute Gasteiger partial charge is 0.361 e. The number of aromatic nitrogens is 3. The van der Waals surface area contributed by atoms with E-state index in [1.54, 1.807) is 41.8 Å². The summed E-state index contributed by atoms with van der Waals surface area (Å²) in [5.41, 5.74) is 0.462. The Morgan fingerprint density at radius 2 is 2.04 bits per heavy atom. The highest BCUT2D eigenvalue weighted by Crippen LogP contribution is 2.37. The quantitative estimate of drug-likeness (QED) is 0.788. The van der Waals surface area contributed by atoms with Crippen LogP contribution < -0.4 is 0 Å². The number of nitrogens with one attached hydrogen (secondary N) is 1. The van der Waals surface area contributed by atoms with Gasteiger partial charge in [0.05, 0.1) is 0 Å². The maximum atomic E-state index is 15.1. The standard InChI is InChI=1S/C18H17FN4O/c19-18(13-2-1-7-20-12-13)5-10-23(11-6-18)17(24)16-14-3-8-21-15(14)4-9-22-16/h1-4,7-9,12,21H,5-6,10-11H2. The zero-order chi connectivity index (χ0) is 16.6. The molecule has 1 aliphatic heterocycles. The first-order valence-corrected chi connectivity index (χ1v) is 7.98. The molecule has 24 heavy (non-hydrogen) atoms. The smallest absolute Gasteiger partial charge is 0.273 e. The van der Waals surface area contributed by atoms with Gasteiger partial charge in [-0.1, -0.05) is 6.07 Å². The number of carbonyl (C=O) groups is 1. The molecule has 5 nitrogen and oxygen atoms in total. The number of carbonyl (C=O) groups excluding carboxylic acids is 1. The molecule has 3 aromatic rings. The summed E-state index contributed by atoms with van der Waals surface area (Å²) in [6.45, 7) is 0.736. The van der Waals surface area contributed by atoms with E-state index in [9.17, 15) is 4.79 Å². The number of H-pyrrole nitrogens is 1. The molecule has 0 spiro atoms. The maximum Gasteiger partial charge on any atom is 0.273 e. The van der Waals surface area contributed by atoms with Crippen LogP contribution in [0.2, 0.25) is 0 Å². The number of hydrogen-bond donors (Lipinski definition) is 1. The van der Waals surface area contributed by atoms with E-state index in [-0.39, 0.29) is 18.7 Å². The number of aromatic amines is 1. The van der Waals surface area contributed by atoms with Gasteiger partial charge in [-0.05, 0) is 18.2 Å². The fourth-order valence-corrected chi connectivity index (χ4v) is 3.28. The van der Waals surface area contributed by atoms with E-state index < -0.39 is 5.67 Å². The Kier molecular flexibility index (Phi) is 3.52. The van der Waals surface area contributed by atoms with Crippen LogP contribution in [-0.2, 0) is 5.67 Å². The van der Waals surface area contributed by atoms with Crippen LogP contribution in [-0.4, -0.2) is 38.8 Å². The van der Waals surface area contributed by atoms with Crippen LogP contribution in [0.5, 0.6) is 0 Å². The monoisotopic (exact) mass is 324 g/mol. The summed E-state index contributed by atoms with van der Waals surface area (Å²) in [6.07, 6.45) is 7.15. The van der Waals surface area contributed by atoms with E-state index in [0.717, 1.165) is 10.9 Å². The first-order valence-electron chi connectivity index (χ1n) is 7.98. The number of amides is 1. The molecular formula is C18H17FN4O. The number of alkyl halides is 1. The molecule has 1 N–H and O–H groups in total. The van der Waals surface area contributed by atoms with E-state index >= 15 is 4.39 Å². The van der Waals surface area contributed by atoms with Crippen LogP contribution in [0.25, 0.3) is 10.9 Å². The average Bonchev–Trinajstić information content (AvgIpc) is 3.11. The first kappa shape index (κ1) is 14.8. The lowest BCUT2D eigenvalue weighted by molar-refractivity contribution is 0.0417. The maximum absolute atomic E-state index is 15.1. The normalized spacial score (nSPS) is 17.1. The van der Waals surface area contributed by atoms with Crippen molar-refractivity contribution in [3.8, 4) is 0 Å². The molecule has 122 valence electrons. The topological polar surface area (TPSA) is 61.9 Å². The first-order chi connectivity index (χ1) is 11.7. The van der Waals surface area contributed by atoms with Crippen molar-refractivity contribution in [3.05, 3.63) is 60.3 Å². The van der Waals surface area contributed by atoms with E-state index in [0.29, 0.717) is 24.3 Å². The number of nitrogens with zero attached hydrogens (tertiary/aromatic N) is 3.